The standard InChI is InChI=1S/C18H19N3O5S/c1-24-15-9-8-14(10-16(15)25-2)18-20-17(26-21-18)11-19-27(22,23)12-13-6-4-3-5-7-13/h3-10,19H,11-12H2,1-2H3. The summed E-state index contributed by atoms with van der Waals surface area (Å²) in [5, 5.41) is 3.88. The van der Waals surface area contributed by atoms with Gasteiger partial charge in [-0.05, 0) is 23.8 Å². The predicted octanol–water partition coefficient (Wildman–Crippen LogP) is 2.37. The van der Waals surface area contributed by atoms with E-state index in [9.17, 15) is 8.42 Å². The number of nitrogens with zero attached hydrogens (tertiary/aromatic N) is 2. The number of rotatable bonds is 8. The first-order valence-electron chi connectivity index (χ1n) is 8.07. The van der Waals surface area contributed by atoms with Crippen LogP contribution in [0.25, 0.3) is 11.4 Å². The first-order chi connectivity index (χ1) is 13.0. The van der Waals surface area contributed by atoms with Gasteiger partial charge in [-0.2, -0.15) is 4.98 Å². The molecule has 27 heavy (non-hydrogen) atoms. The van der Waals surface area contributed by atoms with Gasteiger partial charge in [-0.15, -0.1) is 0 Å². The Hall–Kier alpha value is -2.91. The van der Waals surface area contributed by atoms with E-state index in [2.05, 4.69) is 14.9 Å². The van der Waals surface area contributed by atoms with Crippen LogP contribution in [0.5, 0.6) is 11.5 Å². The topological polar surface area (TPSA) is 104 Å². The lowest BCUT2D eigenvalue weighted by molar-refractivity contribution is 0.355. The number of aromatic nitrogens is 2. The van der Waals surface area contributed by atoms with Gasteiger partial charge in [-0.3, -0.25) is 0 Å². The number of ether oxygens (including phenoxy) is 2. The maximum Gasteiger partial charge on any atom is 0.242 e. The molecule has 142 valence electrons. The van der Waals surface area contributed by atoms with Gasteiger partial charge in [0.05, 0.1) is 26.5 Å². The summed E-state index contributed by atoms with van der Waals surface area (Å²) in [5.41, 5.74) is 1.36. The summed E-state index contributed by atoms with van der Waals surface area (Å²) >= 11 is 0. The third kappa shape index (κ3) is 4.83. The predicted molar refractivity (Wildman–Crippen MR) is 98.7 cm³/mol. The monoisotopic (exact) mass is 389 g/mol. The Balaban J connectivity index is 1.68. The molecule has 9 heteroatoms. The summed E-state index contributed by atoms with van der Waals surface area (Å²) in [7, 11) is -0.442. The third-order valence-corrected chi connectivity index (χ3v) is 5.05. The Morgan fingerprint density at radius 1 is 1.04 bits per heavy atom. The second-order valence-corrected chi connectivity index (χ2v) is 7.45. The summed E-state index contributed by atoms with van der Waals surface area (Å²) in [6.07, 6.45) is 0. The first kappa shape index (κ1) is 18.9. The Kier molecular flexibility index (Phi) is 5.72. The summed E-state index contributed by atoms with van der Waals surface area (Å²) in [6, 6.07) is 14.1. The Morgan fingerprint density at radius 2 is 1.78 bits per heavy atom. The number of methoxy groups -OCH3 is 2. The van der Waals surface area contributed by atoms with E-state index in [1.165, 1.54) is 7.11 Å². The molecule has 0 unspecified atom stereocenters. The van der Waals surface area contributed by atoms with Crippen LogP contribution in [-0.4, -0.2) is 32.8 Å². The van der Waals surface area contributed by atoms with Gasteiger partial charge >= 0.3 is 0 Å². The van der Waals surface area contributed by atoms with E-state index in [-0.39, 0.29) is 18.2 Å². The van der Waals surface area contributed by atoms with Gasteiger partial charge in [0.2, 0.25) is 21.7 Å². The SMILES string of the molecule is COc1ccc(-c2noc(CNS(=O)(=O)Cc3ccccc3)n2)cc1OC. The summed E-state index contributed by atoms with van der Waals surface area (Å²) in [5.74, 6) is 1.48. The highest BCUT2D eigenvalue weighted by atomic mass is 32.2. The second-order valence-electron chi connectivity index (χ2n) is 5.65. The van der Waals surface area contributed by atoms with Crippen LogP contribution in [0, 0.1) is 0 Å². The van der Waals surface area contributed by atoms with Crippen LogP contribution in [0.2, 0.25) is 0 Å². The van der Waals surface area contributed by atoms with Crippen molar-refractivity contribution in [3.8, 4) is 22.9 Å². The summed E-state index contributed by atoms with van der Waals surface area (Å²) in [6.45, 7) is -0.0878. The fourth-order valence-electron chi connectivity index (χ4n) is 2.44. The van der Waals surface area contributed by atoms with Crippen LogP contribution in [-0.2, 0) is 22.3 Å². The van der Waals surface area contributed by atoms with Crippen molar-refractivity contribution in [2.45, 2.75) is 12.3 Å². The molecule has 0 aliphatic rings. The van der Waals surface area contributed by atoms with Crippen molar-refractivity contribution in [2.75, 3.05) is 14.2 Å². The molecule has 1 N–H and O–H groups in total. The third-order valence-electron chi connectivity index (χ3n) is 3.75. The van der Waals surface area contributed by atoms with Gasteiger partial charge in [0.1, 0.15) is 0 Å². The first-order valence-corrected chi connectivity index (χ1v) is 9.72. The van der Waals surface area contributed by atoms with Crippen LogP contribution in [0.3, 0.4) is 0 Å². The fraction of sp³-hybridized carbons (Fsp3) is 0.222. The van der Waals surface area contributed by atoms with E-state index < -0.39 is 10.0 Å². The van der Waals surface area contributed by atoms with E-state index >= 15 is 0 Å². The Morgan fingerprint density at radius 3 is 2.48 bits per heavy atom. The Bertz CT molecular complexity index is 1000. The molecule has 3 aromatic rings. The Labute approximate surface area is 157 Å². The molecule has 1 aromatic heterocycles. The normalized spacial score (nSPS) is 11.3. The molecular weight excluding hydrogens is 370 g/mol. The van der Waals surface area contributed by atoms with Crippen molar-refractivity contribution in [3.63, 3.8) is 0 Å². The molecule has 0 radical (unpaired) electrons. The van der Waals surface area contributed by atoms with Gasteiger partial charge in [0.25, 0.3) is 0 Å². The molecule has 2 aromatic carbocycles. The minimum atomic E-state index is -3.52. The molecule has 0 aliphatic heterocycles. The van der Waals surface area contributed by atoms with Crippen molar-refractivity contribution in [3.05, 3.63) is 60.0 Å². The molecule has 0 amide bonds. The molecule has 0 aliphatic carbocycles. The summed E-state index contributed by atoms with van der Waals surface area (Å²) < 4.78 is 42.4. The van der Waals surface area contributed by atoms with Crippen LogP contribution >= 0.6 is 0 Å². The maximum atomic E-state index is 12.2. The van der Waals surface area contributed by atoms with Gasteiger partial charge < -0.3 is 14.0 Å². The highest BCUT2D eigenvalue weighted by molar-refractivity contribution is 7.88. The second kappa shape index (κ2) is 8.19. The van der Waals surface area contributed by atoms with Crippen molar-refractivity contribution < 1.29 is 22.4 Å². The van der Waals surface area contributed by atoms with Gasteiger partial charge in [0, 0.05) is 5.56 Å². The molecule has 8 nitrogen and oxygen atoms in total. The molecule has 0 atom stereocenters. The number of hydrogen-bond acceptors (Lipinski definition) is 7. The minimum Gasteiger partial charge on any atom is -0.493 e. The summed E-state index contributed by atoms with van der Waals surface area (Å²) in [4.78, 5) is 4.22. The van der Waals surface area contributed by atoms with Crippen molar-refractivity contribution >= 4 is 10.0 Å². The highest BCUT2D eigenvalue weighted by Gasteiger charge is 2.15. The molecule has 0 fully saturated rings. The van der Waals surface area contributed by atoms with Crippen molar-refractivity contribution in [2.24, 2.45) is 0 Å². The quantitative estimate of drug-likeness (QED) is 0.631. The van der Waals surface area contributed by atoms with Gasteiger partial charge in [-0.1, -0.05) is 35.5 Å². The molecule has 3 rings (SSSR count). The van der Waals surface area contributed by atoms with E-state index in [0.29, 0.717) is 28.5 Å². The largest absolute Gasteiger partial charge is 0.493 e. The van der Waals surface area contributed by atoms with Crippen LogP contribution in [0.1, 0.15) is 11.5 Å². The maximum absolute atomic E-state index is 12.2. The molecule has 0 bridgehead atoms. The number of benzene rings is 2. The number of hydrogen-bond donors (Lipinski definition) is 1. The van der Waals surface area contributed by atoms with Crippen molar-refractivity contribution in [1.29, 1.82) is 0 Å². The zero-order valence-corrected chi connectivity index (χ0v) is 15.7. The minimum absolute atomic E-state index is 0.0878. The van der Waals surface area contributed by atoms with Crippen LogP contribution < -0.4 is 14.2 Å². The smallest absolute Gasteiger partial charge is 0.242 e. The lowest BCUT2D eigenvalue weighted by atomic mass is 10.2. The molecule has 0 saturated heterocycles. The molecule has 0 spiro atoms. The average molecular weight is 389 g/mol. The zero-order valence-electron chi connectivity index (χ0n) is 14.9. The van der Waals surface area contributed by atoms with E-state index in [0.717, 1.165) is 0 Å². The van der Waals surface area contributed by atoms with Crippen LogP contribution in [0.4, 0.5) is 0 Å². The fourth-order valence-corrected chi connectivity index (χ4v) is 3.51. The number of sulfonamides is 1. The zero-order chi connectivity index (χ0) is 19.3. The number of nitrogens with one attached hydrogen (secondary N) is 1. The van der Waals surface area contributed by atoms with Crippen molar-refractivity contribution in [1.82, 2.24) is 14.9 Å². The van der Waals surface area contributed by atoms with Gasteiger partial charge in [-0.25, -0.2) is 13.1 Å². The molecule has 0 saturated carbocycles. The lowest BCUT2D eigenvalue weighted by Crippen LogP contribution is -2.24. The van der Waals surface area contributed by atoms with Gasteiger partial charge in [0.15, 0.2) is 11.5 Å². The lowest BCUT2D eigenvalue weighted by Gasteiger charge is -2.07. The van der Waals surface area contributed by atoms with E-state index in [4.69, 9.17) is 14.0 Å². The van der Waals surface area contributed by atoms with E-state index in [1.54, 1.807) is 49.6 Å². The van der Waals surface area contributed by atoms with Crippen LogP contribution in [0.15, 0.2) is 53.1 Å². The van der Waals surface area contributed by atoms with E-state index in [1.807, 2.05) is 6.07 Å². The molecular formula is C18H19N3O5S. The highest BCUT2D eigenvalue weighted by Crippen LogP contribution is 2.31. The molecule has 1 heterocycles. The average Bonchev–Trinajstić information content (AvgIpc) is 3.15.